The summed E-state index contributed by atoms with van der Waals surface area (Å²) in [5.74, 6) is 0.680. The van der Waals surface area contributed by atoms with Gasteiger partial charge >= 0.3 is 0 Å². The van der Waals surface area contributed by atoms with E-state index in [0.717, 1.165) is 5.75 Å². The number of aryl methyl sites for hydroxylation is 1. The zero-order valence-electron chi connectivity index (χ0n) is 11.3. The number of benzene rings is 1. The monoisotopic (exact) mass is 250 g/mol. The van der Waals surface area contributed by atoms with Crippen molar-refractivity contribution < 1.29 is 9.53 Å². The Morgan fingerprint density at radius 3 is 2.56 bits per heavy atom. The van der Waals surface area contributed by atoms with Crippen molar-refractivity contribution in [1.82, 2.24) is 5.32 Å². The fourth-order valence-electron chi connectivity index (χ4n) is 1.43. The molecule has 0 aliphatic carbocycles. The summed E-state index contributed by atoms with van der Waals surface area (Å²) in [6.45, 7) is 6.25. The van der Waals surface area contributed by atoms with Gasteiger partial charge in [0.2, 0.25) is 5.91 Å². The van der Waals surface area contributed by atoms with Crippen LogP contribution in [0.5, 0.6) is 5.75 Å². The maximum atomic E-state index is 11.5. The zero-order valence-corrected chi connectivity index (χ0v) is 11.3. The van der Waals surface area contributed by atoms with E-state index < -0.39 is 6.04 Å². The second-order valence-corrected chi connectivity index (χ2v) is 4.55. The van der Waals surface area contributed by atoms with E-state index in [2.05, 4.69) is 5.32 Å². The molecule has 3 N–H and O–H groups in total. The van der Waals surface area contributed by atoms with Gasteiger partial charge in [-0.1, -0.05) is 24.6 Å². The van der Waals surface area contributed by atoms with Crippen molar-refractivity contribution in [3.05, 3.63) is 29.8 Å². The van der Waals surface area contributed by atoms with Crippen molar-refractivity contribution in [2.24, 2.45) is 5.73 Å². The molecule has 18 heavy (non-hydrogen) atoms. The van der Waals surface area contributed by atoms with Crippen LogP contribution in [0.4, 0.5) is 0 Å². The average Bonchev–Trinajstić information content (AvgIpc) is 2.37. The fourth-order valence-corrected chi connectivity index (χ4v) is 1.43. The number of hydrogen-bond donors (Lipinski definition) is 2. The molecule has 0 aromatic heterocycles. The first-order valence-corrected chi connectivity index (χ1v) is 6.28. The van der Waals surface area contributed by atoms with E-state index in [1.54, 1.807) is 0 Å². The molecule has 1 amide bonds. The van der Waals surface area contributed by atoms with E-state index in [1.165, 1.54) is 5.56 Å². The molecular weight excluding hydrogens is 228 g/mol. The number of ether oxygens (including phenoxy) is 1. The number of carbonyl (C=O) groups is 1. The van der Waals surface area contributed by atoms with Crippen molar-refractivity contribution in [3.63, 3.8) is 0 Å². The highest BCUT2D eigenvalue weighted by Gasteiger charge is 2.13. The number of hydrogen-bond acceptors (Lipinski definition) is 3. The van der Waals surface area contributed by atoms with Gasteiger partial charge in [-0.15, -0.1) is 0 Å². The molecule has 1 aromatic carbocycles. The van der Waals surface area contributed by atoms with Crippen molar-refractivity contribution in [1.29, 1.82) is 0 Å². The van der Waals surface area contributed by atoms with E-state index in [9.17, 15) is 4.79 Å². The SMILES string of the molecule is CC[C@H](N)C(=O)NC(C)COc1ccc(C)cc1. The van der Waals surface area contributed by atoms with Gasteiger partial charge in [0.1, 0.15) is 12.4 Å². The topological polar surface area (TPSA) is 64.4 Å². The van der Waals surface area contributed by atoms with Crippen molar-refractivity contribution in [2.75, 3.05) is 6.61 Å². The fraction of sp³-hybridized carbons (Fsp3) is 0.500. The molecule has 1 aromatic rings. The second kappa shape index (κ2) is 7.01. The van der Waals surface area contributed by atoms with E-state index in [-0.39, 0.29) is 11.9 Å². The summed E-state index contributed by atoms with van der Waals surface area (Å²) in [6.07, 6.45) is 0.636. The van der Waals surface area contributed by atoms with Crippen LogP contribution in [0.1, 0.15) is 25.8 Å². The second-order valence-electron chi connectivity index (χ2n) is 4.55. The van der Waals surface area contributed by atoms with Crippen LogP contribution in [0.15, 0.2) is 24.3 Å². The highest BCUT2D eigenvalue weighted by Crippen LogP contribution is 2.11. The minimum Gasteiger partial charge on any atom is -0.491 e. The summed E-state index contributed by atoms with van der Waals surface area (Å²) >= 11 is 0. The Bertz CT molecular complexity index is 376. The maximum absolute atomic E-state index is 11.5. The summed E-state index contributed by atoms with van der Waals surface area (Å²) in [7, 11) is 0. The molecule has 4 nitrogen and oxygen atoms in total. The standard InChI is InChI=1S/C14H22N2O2/c1-4-13(15)14(17)16-11(3)9-18-12-7-5-10(2)6-8-12/h5-8,11,13H,4,9,15H2,1-3H3,(H,16,17)/t11?,13-/m0/s1. The van der Waals surface area contributed by atoms with E-state index in [0.29, 0.717) is 13.0 Å². The summed E-state index contributed by atoms with van der Waals surface area (Å²) < 4.78 is 5.58. The minimum absolute atomic E-state index is 0.0589. The summed E-state index contributed by atoms with van der Waals surface area (Å²) in [6, 6.07) is 7.32. The van der Waals surface area contributed by atoms with Gasteiger partial charge in [-0.25, -0.2) is 0 Å². The molecule has 0 aliphatic rings. The molecule has 0 saturated carbocycles. The third kappa shape index (κ3) is 4.75. The average molecular weight is 250 g/mol. The lowest BCUT2D eigenvalue weighted by Crippen LogP contribution is -2.45. The van der Waals surface area contributed by atoms with E-state index >= 15 is 0 Å². The normalized spacial score (nSPS) is 13.8. The first-order chi connectivity index (χ1) is 8.52. The van der Waals surface area contributed by atoms with Gasteiger partial charge in [0.05, 0.1) is 12.1 Å². The molecule has 0 bridgehead atoms. The lowest BCUT2D eigenvalue weighted by Gasteiger charge is -2.17. The molecule has 0 fully saturated rings. The van der Waals surface area contributed by atoms with Crippen LogP contribution in [-0.4, -0.2) is 24.6 Å². The Morgan fingerprint density at radius 2 is 2.00 bits per heavy atom. The molecule has 0 saturated heterocycles. The van der Waals surface area contributed by atoms with Crippen LogP contribution in [-0.2, 0) is 4.79 Å². The molecule has 0 heterocycles. The molecule has 0 aliphatic heterocycles. The first kappa shape index (κ1) is 14.5. The molecular formula is C14H22N2O2. The van der Waals surface area contributed by atoms with Crippen LogP contribution in [0.3, 0.4) is 0 Å². The lowest BCUT2D eigenvalue weighted by atomic mass is 10.2. The van der Waals surface area contributed by atoms with Crippen molar-refractivity contribution >= 4 is 5.91 Å². The third-order valence-electron chi connectivity index (χ3n) is 2.69. The van der Waals surface area contributed by atoms with Crippen LogP contribution in [0.2, 0.25) is 0 Å². The minimum atomic E-state index is -0.438. The number of rotatable bonds is 6. The molecule has 4 heteroatoms. The smallest absolute Gasteiger partial charge is 0.237 e. The molecule has 0 radical (unpaired) electrons. The van der Waals surface area contributed by atoms with Crippen LogP contribution >= 0.6 is 0 Å². The van der Waals surface area contributed by atoms with Gasteiger partial charge in [0.25, 0.3) is 0 Å². The van der Waals surface area contributed by atoms with Gasteiger partial charge in [-0.3, -0.25) is 4.79 Å². The Hall–Kier alpha value is -1.55. The molecule has 2 atom stereocenters. The van der Waals surface area contributed by atoms with E-state index in [4.69, 9.17) is 10.5 Å². The Balaban J connectivity index is 2.35. The molecule has 1 unspecified atom stereocenters. The lowest BCUT2D eigenvalue weighted by molar-refractivity contribution is -0.123. The highest BCUT2D eigenvalue weighted by atomic mass is 16.5. The Morgan fingerprint density at radius 1 is 1.39 bits per heavy atom. The predicted octanol–water partition coefficient (Wildman–Crippen LogP) is 1.62. The number of nitrogens with one attached hydrogen (secondary N) is 1. The molecule has 0 spiro atoms. The van der Waals surface area contributed by atoms with Gasteiger partial charge in [0, 0.05) is 0 Å². The number of amides is 1. The van der Waals surface area contributed by atoms with Crippen LogP contribution < -0.4 is 15.8 Å². The Kier molecular flexibility index (Phi) is 5.65. The van der Waals surface area contributed by atoms with Crippen LogP contribution in [0.25, 0.3) is 0 Å². The molecule has 100 valence electrons. The quantitative estimate of drug-likeness (QED) is 0.806. The largest absolute Gasteiger partial charge is 0.491 e. The maximum Gasteiger partial charge on any atom is 0.237 e. The number of carbonyl (C=O) groups excluding carboxylic acids is 1. The first-order valence-electron chi connectivity index (χ1n) is 6.28. The summed E-state index contributed by atoms with van der Waals surface area (Å²) in [5, 5.41) is 2.82. The highest BCUT2D eigenvalue weighted by molar-refractivity contribution is 5.81. The summed E-state index contributed by atoms with van der Waals surface area (Å²) in [5.41, 5.74) is 6.83. The van der Waals surface area contributed by atoms with Crippen LogP contribution in [0, 0.1) is 6.92 Å². The predicted molar refractivity (Wildman–Crippen MR) is 72.5 cm³/mol. The van der Waals surface area contributed by atoms with Gasteiger partial charge < -0.3 is 15.8 Å². The summed E-state index contributed by atoms with van der Waals surface area (Å²) in [4.78, 5) is 11.5. The van der Waals surface area contributed by atoms with Gasteiger partial charge in [-0.05, 0) is 32.4 Å². The third-order valence-corrected chi connectivity index (χ3v) is 2.69. The van der Waals surface area contributed by atoms with Crippen molar-refractivity contribution in [2.45, 2.75) is 39.3 Å². The van der Waals surface area contributed by atoms with Crippen molar-refractivity contribution in [3.8, 4) is 5.75 Å². The number of nitrogens with two attached hydrogens (primary N) is 1. The molecule has 1 rings (SSSR count). The zero-order chi connectivity index (χ0) is 13.5. The van der Waals surface area contributed by atoms with E-state index in [1.807, 2.05) is 45.0 Å². The van der Waals surface area contributed by atoms with Gasteiger partial charge in [-0.2, -0.15) is 0 Å². The Labute approximate surface area is 109 Å². The van der Waals surface area contributed by atoms with Gasteiger partial charge in [0.15, 0.2) is 0 Å².